The minimum Gasteiger partial charge on any atom is -0.389 e. The van der Waals surface area contributed by atoms with Crippen LogP contribution in [-0.2, 0) is 9.47 Å². The van der Waals surface area contributed by atoms with Gasteiger partial charge in [-0.3, -0.25) is 0 Å². The summed E-state index contributed by atoms with van der Waals surface area (Å²) < 4.78 is 10.2. The van der Waals surface area contributed by atoms with Crippen LogP contribution in [0.2, 0.25) is 0 Å². The number of fused-ring (bicyclic) bond motifs is 2. The van der Waals surface area contributed by atoms with Crippen molar-refractivity contribution >= 4 is 0 Å². The number of hydrogen-bond donors (Lipinski definition) is 1. The van der Waals surface area contributed by atoms with Crippen molar-refractivity contribution in [3.8, 4) is 0 Å². The first kappa shape index (κ1) is 9.58. The largest absolute Gasteiger partial charge is 0.389 e. The van der Waals surface area contributed by atoms with Gasteiger partial charge in [0.25, 0.3) is 0 Å². The van der Waals surface area contributed by atoms with Crippen LogP contribution in [0.5, 0.6) is 0 Å². The fourth-order valence-corrected chi connectivity index (χ4v) is 2.35. The molecular weight excluding hydrogens is 192 g/mol. The second-order valence-corrected chi connectivity index (χ2v) is 4.56. The van der Waals surface area contributed by atoms with E-state index in [0.29, 0.717) is 30.3 Å². The van der Waals surface area contributed by atoms with E-state index in [2.05, 4.69) is 18.7 Å². The molecule has 3 heteroatoms. The van der Waals surface area contributed by atoms with Crippen molar-refractivity contribution in [3.63, 3.8) is 0 Å². The number of epoxide rings is 2. The van der Waals surface area contributed by atoms with Crippen molar-refractivity contribution in [1.82, 2.24) is 0 Å². The van der Waals surface area contributed by atoms with Gasteiger partial charge in [0, 0.05) is 5.92 Å². The van der Waals surface area contributed by atoms with Gasteiger partial charge in [0.1, 0.15) is 12.2 Å². The Hall–Kier alpha value is -0.640. The molecule has 0 aromatic carbocycles. The molecule has 15 heavy (non-hydrogen) atoms. The number of aliphatic hydroxyl groups is 1. The molecule has 2 aliphatic heterocycles. The maximum atomic E-state index is 9.36. The Morgan fingerprint density at radius 1 is 1.27 bits per heavy atom. The van der Waals surface area contributed by atoms with Gasteiger partial charge in [-0.05, 0) is 12.8 Å². The van der Waals surface area contributed by atoms with E-state index in [0.717, 1.165) is 12.8 Å². The zero-order valence-corrected chi connectivity index (χ0v) is 8.58. The van der Waals surface area contributed by atoms with Crippen LogP contribution in [0.4, 0.5) is 0 Å². The van der Waals surface area contributed by atoms with Crippen LogP contribution in [0, 0.1) is 5.92 Å². The lowest BCUT2D eigenvalue weighted by Gasteiger charge is -2.13. The standard InChI is InChI=1S/C8H12O2.C4H4O/c1-2-6(9)5-3-4-7-8(5)10-7;1-2-4-3(1)5-4/h2,5-9H,1,3-4H2;1-4H. The predicted octanol–water partition coefficient (Wildman–Crippen LogP) is 1.03. The van der Waals surface area contributed by atoms with E-state index >= 15 is 0 Å². The van der Waals surface area contributed by atoms with Gasteiger partial charge in [0.05, 0.1) is 18.3 Å². The fraction of sp³-hybridized carbons (Fsp3) is 0.667. The molecule has 4 aliphatic rings. The van der Waals surface area contributed by atoms with Crippen LogP contribution in [-0.4, -0.2) is 35.6 Å². The van der Waals surface area contributed by atoms with Gasteiger partial charge in [-0.25, -0.2) is 0 Å². The summed E-state index contributed by atoms with van der Waals surface area (Å²) in [5.41, 5.74) is 0. The Morgan fingerprint density at radius 3 is 2.27 bits per heavy atom. The van der Waals surface area contributed by atoms with Crippen molar-refractivity contribution < 1.29 is 14.6 Å². The summed E-state index contributed by atoms with van der Waals surface area (Å²) in [4.78, 5) is 0. The molecule has 3 nitrogen and oxygen atoms in total. The third-order valence-corrected chi connectivity index (χ3v) is 3.56. The van der Waals surface area contributed by atoms with Crippen LogP contribution in [0.1, 0.15) is 12.8 Å². The Labute approximate surface area is 89.4 Å². The summed E-state index contributed by atoms with van der Waals surface area (Å²) in [6, 6.07) is 0. The molecule has 0 amide bonds. The molecule has 82 valence electrons. The Bertz CT molecular complexity index is 289. The van der Waals surface area contributed by atoms with Crippen molar-refractivity contribution in [2.24, 2.45) is 5.92 Å². The SMILES string of the molecule is C1=CC2OC12.C=CC(O)C1CCC2OC21. The molecule has 0 spiro atoms. The summed E-state index contributed by atoms with van der Waals surface area (Å²) in [6.45, 7) is 3.55. The van der Waals surface area contributed by atoms with Gasteiger partial charge >= 0.3 is 0 Å². The van der Waals surface area contributed by atoms with Crippen LogP contribution < -0.4 is 0 Å². The smallest absolute Gasteiger partial charge is 0.106 e. The molecule has 0 aromatic heterocycles. The lowest BCUT2D eigenvalue weighted by atomic mass is 10.0. The third-order valence-electron chi connectivity index (χ3n) is 3.56. The van der Waals surface area contributed by atoms with Gasteiger partial charge in [0.15, 0.2) is 0 Å². The predicted molar refractivity (Wildman–Crippen MR) is 55.4 cm³/mol. The normalized spacial score (nSPS) is 49.0. The van der Waals surface area contributed by atoms with Crippen LogP contribution >= 0.6 is 0 Å². The molecule has 6 unspecified atom stereocenters. The maximum absolute atomic E-state index is 9.36. The topological polar surface area (TPSA) is 45.3 Å². The van der Waals surface area contributed by atoms with E-state index in [9.17, 15) is 5.11 Å². The highest BCUT2D eigenvalue weighted by Gasteiger charge is 2.51. The Balaban J connectivity index is 0.000000119. The average Bonchev–Trinajstić information content (AvgIpc) is 3.06. The highest BCUT2D eigenvalue weighted by atomic mass is 16.6. The fourth-order valence-electron chi connectivity index (χ4n) is 2.35. The number of ether oxygens (including phenoxy) is 2. The molecule has 3 fully saturated rings. The van der Waals surface area contributed by atoms with E-state index in [4.69, 9.17) is 9.47 Å². The second-order valence-electron chi connectivity index (χ2n) is 4.56. The first-order valence-corrected chi connectivity index (χ1v) is 5.59. The van der Waals surface area contributed by atoms with E-state index < -0.39 is 0 Å². The molecule has 2 saturated heterocycles. The van der Waals surface area contributed by atoms with Crippen LogP contribution in [0.3, 0.4) is 0 Å². The lowest BCUT2D eigenvalue weighted by Crippen LogP contribution is -2.20. The molecule has 4 rings (SSSR count). The molecule has 1 N–H and O–H groups in total. The Kier molecular flexibility index (Phi) is 2.20. The zero-order valence-electron chi connectivity index (χ0n) is 8.58. The van der Waals surface area contributed by atoms with E-state index in [1.807, 2.05) is 0 Å². The molecule has 2 aliphatic carbocycles. The number of aliphatic hydroxyl groups excluding tert-OH is 1. The van der Waals surface area contributed by atoms with Crippen molar-refractivity contribution in [2.45, 2.75) is 43.4 Å². The summed E-state index contributed by atoms with van der Waals surface area (Å²) in [5.74, 6) is 0.336. The first-order chi connectivity index (χ1) is 7.29. The molecule has 0 bridgehead atoms. The molecule has 0 radical (unpaired) electrons. The van der Waals surface area contributed by atoms with Gasteiger partial charge in [-0.1, -0.05) is 18.2 Å². The van der Waals surface area contributed by atoms with E-state index in [1.54, 1.807) is 6.08 Å². The van der Waals surface area contributed by atoms with Gasteiger partial charge in [-0.15, -0.1) is 6.58 Å². The second kappa shape index (κ2) is 3.44. The maximum Gasteiger partial charge on any atom is 0.106 e. The summed E-state index contributed by atoms with van der Waals surface area (Å²) >= 11 is 0. The van der Waals surface area contributed by atoms with Gasteiger partial charge < -0.3 is 14.6 Å². The van der Waals surface area contributed by atoms with Crippen LogP contribution in [0.15, 0.2) is 24.8 Å². The van der Waals surface area contributed by atoms with E-state index in [-0.39, 0.29) is 6.10 Å². The number of hydrogen-bond acceptors (Lipinski definition) is 3. The highest BCUT2D eigenvalue weighted by Crippen LogP contribution is 2.44. The summed E-state index contributed by atoms with van der Waals surface area (Å²) in [5, 5.41) is 9.36. The van der Waals surface area contributed by atoms with Crippen molar-refractivity contribution in [2.75, 3.05) is 0 Å². The molecule has 6 atom stereocenters. The van der Waals surface area contributed by atoms with E-state index in [1.165, 1.54) is 0 Å². The van der Waals surface area contributed by atoms with Crippen molar-refractivity contribution in [1.29, 1.82) is 0 Å². The van der Waals surface area contributed by atoms with Gasteiger partial charge in [0.2, 0.25) is 0 Å². The summed E-state index contributed by atoms with van der Waals surface area (Å²) in [7, 11) is 0. The summed E-state index contributed by atoms with van der Waals surface area (Å²) in [6.07, 6.45) is 9.56. The van der Waals surface area contributed by atoms with Crippen LogP contribution in [0.25, 0.3) is 0 Å². The molecule has 0 aromatic rings. The van der Waals surface area contributed by atoms with Gasteiger partial charge in [-0.2, -0.15) is 0 Å². The zero-order chi connectivity index (χ0) is 10.4. The Morgan fingerprint density at radius 2 is 2.00 bits per heavy atom. The number of rotatable bonds is 2. The lowest BCUT2D eigenvalue weighted by molar-refractivity contribution is 0.118. The van der Waals surface area contributed by atoms with Crippen molar-refractivity contribution in [3.05, 3.63) is 24.8 Å². The minimum atomic E-state index is -0.350. The average molecular weight is 208 g/mol. The minimum absolute atomic E-state index is 0.336. The third kappa shape index (κ3) is 1.75. The molecule has 2 heterocycles. The first-order valence-electron chi connectivity index (χ1n) is 5.59. The molecular formula is C12H16O3. The quantitative estimate of drug-likeness (QED) is 0.544. The molecule has 1 saturated carbocycles. The monoisotopic (exact) mass is 208 g/mol. The highest BCUT2D eigenvalue weighted by molar-refractivity contribution is 5.22.